The first-order chi connectivity index (χ1) is 10.6. The highest BCUT2D eigenvalue weighted by Crippen LogP contribution is 2.21. The van der Waals surface area contributed by atoms with Crippen molar-refractivity contribution in [2.45, 2.75) is 53.2 Å². The monoisotopic (exact) mass is 322 g/mol. The van der Waals surface area contributed by atoms with Crippen molar-refractivity contribution < 1.29 is 14.3 Å². The first kappa shape index (κ1) is 18.7. The number of carbonyl (C=O) groups excluding carboxylic acids is 2. The molecule has 1 heterocycles. The van der Waals surface area contributed by atoms with Crippen LogP contribution >= 0.6 is 0 Å². The Morgan fingerprint density at radius 3 is 2.52 bits per heavy atom. The molecule has 1 aromatic heterocycles. The van der Waals surface area contributed by atoms with Crippen molar-refractivity contribution in [3.05, 3.63) is 18.0 Å². The van der Waals surface area contributed by atoms with Crippen LogP contribution in [0.2, 0.25) is 0 Å². The highest BCUT2D eigenvalue weighted by Gasteiger charge is 2.21. The van der Waals surface area contributed by atoms with E-state index in [9.17, 15) is 9.59 Å². The number of amides is 2. The molecular formula is C16H26N4O3. The summed E-state index contributed by atoms with van der Waals surface area (Å²) in [5, 5.41) is 8.43. The highest BCUT2D eigenvalue weighted by atomic mass is 16.6. The molecule has 0 aliphatic rings. The average Bonchev–Trinajstić information content (AvgIpc) is 2.39. The van der Waals surface area contributed by atoms with Gasteiger partial charge in [-0.05, 0) is 47.6 Å². The third kappa shape index (κ3) is 6.54. The predicted octanol–water partition coefficient (Wildman–Crippen LogP) is 2.67. The maximum Gasteiger partial charge on any atom is 0.408 e. The van der Waals surface area contributed by atoms with Gasteiger partial charge in [0.05, 0.1) is 17.6 Å². The third-order valence-corrected chi connectivity index (χ3v) is 2.79. The first-order valence-corrected chi connectivity index (χ1v) is 7.63. The number of carbonyl (C=O) groups is 2. The van der Waals surface area contributed by atoms with Crippen molar-refractivity contribution in [2.24, 2.45) is 0 Å². The van der Waals surface area contributed by atoms with Crippen LogP contribution in [0.4, 0.5) is 16.2 Å². The summed E-state index contributed by atoms with van der Waals surface area (Å²) in [6.45, 7) is 11.4. The van der Waals surface area contributed by atoms with Crippen LogP contribution in [-0.4, -0.2) is 35.2 Å². The van der Waals surface area contributed by atoms with Gasteiger partial charge in [-0.3, -0.25) is 9.78 Å². The highest BCUT2D eigenvalue weighted by molar-refractivity contribution is 5.98. The van der Waals surface area contributed by atoms with E-state index in [0.29, 0.717) is 5.69 Å². The van der Waals surface area contributed by atoms with E-state index in [2.05, 4.69) is 20.9 Å². The molecule has 1 unspecified atom stereocenters. The number of hydrogen-bond acceptors (Lipinski definition) is 5. The van der Waals surface area contributed by atoms with Gasteiger partial charge in [-0.2, -0.15) is 0 Å². The molecule has 1 atom stereocenters. The molecule has 0 radical (unpaired) electrons. The molecule has 7 nitrogen and oxygen atoms in total. The Morgan fingerprint density at radius 2 is 1.96 bits per heavy atom. The Bertz CT molecular complexity index is 567. The predicted molar refractivity (Wildman–Crippen MR) is 90.6 cm³/mol. The van der Waals surface area contributed by atoms with Crippen LogP contribution in [0.3, 0.4) is 0 Å². The summed E-state index contributed by atoms with van der Waals surface area (Å²) in [4.78, 5) is 28.1. The lowest BCUT2D eigenvalue weighted by Gasteiger charge is -2.22. The molecular weight excluding hydrogens is 296 g/mol. The number of nitrogens with zero attached hydrogens (tertiary/aromatic N) is 1. The normalized spacial score (nSPS) is 12.3. The number of aryl methyl sites for hydroxylation is 1. The topological polar surface area (TPSA) is 92.4 Å². The van der Waals surface area contributed by atoms with E-state index in [4.69, 9.17) is 4.74 Å². The van der Waals surface area contributed by atoms with E-state index in [1.165, 1.54) is 0 Å². The molecule has 0 aromatic carbocycles. The van der Waals surface area contributed by atoms with Crippen LogP contribution < -0.4 is 16.0 Å². The van der Waals surface area contributed by atoms with Crippen LogP contribution in [0.5, 0.6) is 0 Å². The van der Waals surface area contributed by atoms with Gasteiger partial charge in [-0.1, -0.05) is 0 Å². The molecule has 128 valence electrons. The molecule has 0 fully saturated rings. The summed E-state index contributed by atoms with van der Waals surface area (Å²) in [5.74, 6) is -0.347. The summed E-state index contributed by atoms with van der Waals surface area (Å²) in [6, 6.07) is 1.12. The molecule has 0 aliphatic carbocycles. The maximum atomic E-state index is 12.2. The van der Waals surface area contributed by atoms with E-state index in [1.807, 2.05) is 19.9 Å². The Balaban J connectivity index is 2.70. The van der Waals surface area contributed by atoms with Crippen molar-refractivity contribution in [3.8, 4) is 0 Å². The summed E-state index contributed by atoms with van der Waals surface area (Å²) < 4.78 is 5.13. The molecule has 0 saturated heterocycles. The Morgan fingerprint density at radius 1 is 1.30 bits per heavy atom. The van der Waals surface area contributed by atoms with Crippen LogP contribution in [0, 0.1) is 6.92 Å². The number of nitrogens with one attached hydrogen (secondary N) is 3. The number of rotatable bonds is 5. The van der Waals surface area contributed by atoms with Gasteiger partial charge in [0.15, 0.2) is 0 Å². The number of aromatic nitrogens is 1. The quantitative estimate of drug-likeness (QED) is 0.775. The van der Waals surface area contributed by atoms with Gasteiger partial charge >= 0.3 is 6.09 Å². The van der Waals surface area contributed by atoms with E-state index in [1.54, 1.807) is 33.9 Å². The van der Waals surface area contributed by atoms with Gasteiger partial charge < -0.3 is 20.7 Å². The van der Waals surface area contributed by atoms with Gasteiger partial charge in [0, 0.05) is 12.2 Å². The second-order valence-corrected chi connectivity index (χ2v) is 6.26. The zero-order valence-corrected chi connectivity index (χ0v) is 14.6. The standard InChI is InChI=1S/C16H26N4O3/c1-7-17-12-8-10(2)18-9-13(12)20-14(21)11(3)19-15(22)23-16(4,5)6/h8-9,11H,7H2,1-6H3,(H,17,18)(H,19,22)(H,20,21). The van der Waals surface area contributed by atoms with Crippen molar-refractivity contribution in [1.82, 2.24) is 10.3 Å². The summed E-state index contributed by atoms with van der Waals surface area (Å²) in [6.07, 6.45) is 0.958. The van der Waals surface area contributed by atoms with E-state index in [0.717, 1.165) is 17.9 Å². The molecule has 1 aromatic rings. The van der Waals surface area contributed by atoms with Crippen LogP contribution in [0.25, 0.3) is 0 Å². The molecule has 23 heavy (non-hydrogen) atoms. The maximum absolute atomic E-state index is 12.2. The summed E-state index contributed by atoms with van der Waals surface area (Å²) in [7, 11) is 0. The fourth-order valence-corrected chi connectivity index (χ4v) is 1.79. The molecule has 7 heteroatoms. The average molecular weight is 322 g/mol. The van der Waals surface area contributed by atoms with E-state index < -0.39 is 17.7 Å². The minimum absolute atomic E-state index is 0.347. The molecule has 0 spiro atoms. The van der Waals surface area contributed by atoms with Crippen LogP contribution in [-0.2, 0) is 9.53 Å². The Kier molecular flexibility index (Phi) is 6.36. The molecule has 0 saturated carbocycles. The second-order valence-electron chi connectivity index (χ2n) is 6.26. The number of ether oxygens (including phenoxy) is 1. The zero-order chi connectivity index (χ0) is 17.6. The SMILES string of the molecule is CCNc1cc(C)ncc1NC(=O)C(C)NC(=O)OC(C)(C)C. The number of pyridine rings is 1. The van der Waals surface area contributed by atoms with Gasteiger partial charge in [0.1, 0.15) is 11.6 Å². The Labute approximate surface area is 137 Å². The fraction of sp³-hybridized carbons (Fsp3) is 0.562. The minimum Gasteiger partial charge on any atom is -0.444 e. The largest absolute Gasteiger partial charge is 0.444 e. The van der Waals surface area contributed by atoms with E-state index >= 15 is 0 Å². The smallest absolute Gasteiger partial charge is 0.408 e. The lowest BCUT2D eigenvalue weighted by molar-refractivity contribution is -0.117. The summed E-state index contributed by atoms with van der Waals surface area (Å²) in [5.41, 5.74) is 1.59. The minimum atomic E-state index is -0.736. The molecule has 1 rings (SSSR count). The Hall–Kier alpha value is -2.31. The number of alkyl carbamates (subject to hydrolysis) is 1. The van der Waals surface area contributed by atoms with Gasteiger partial charge in [0.25, 0.3) is 0 Å². The van der Waals surface area contributed by atoms with Crippen molar-refractivity contribution in [2.75, 3.05) is 17.2 Å². The van der Waals surface area contributed by atoms with Gasteiger partial charge in [-0.15, -0.1) is 0 Å². The molecule has 2 amide bonds. The fourth-order valence-electron chi connectivity index (χ4n) is 1.79. The zero-order valence-electron chi connectivity index (χ0n) is 14.6. The van der Waals surface area contributed by atoms with Crippen molar-refractivity contribution in [1.29, 1.82) is 0 Å². The second kappa shape index (κ2) is 7.80. The lowest BCUT2D eigenvalue weighted by Crippen LogP contribution is -2.44. The third-order valence-electron chi connectivity index (χ3n) is 2.79. The van der Waals surface area contributed by atoms with E-state index in [-0.39, 0.29) is 5.91 Å². The van der Waals surface area contributed by atoms with Gasteiger partial charge in [-0.25, -0.2) is 4.79 Å². The number of hydrogen-bond donors (Lipinski definition) is 3. The van der Waals surface area contributed by atoms with Crippen LogP contribution in [0.1, 0.15) is 40.3 Å². The van der Waals surface area contributed by atoms with Gasteiger partial charge in [0.2, 0.25) is 5.91 Å². The van der Waals surface area contributed by atoms with Crippen molar-refractivity contribution >= 4 is 23.4 Å². The number of anilines is 2. The first-order valence-electron chi connectivity index (χ1n) is 7.63. The molecule has 0 bridgehead atoms. The lowest BCUT2D eigenvalue weighted by atomic mass is 10.2. The molecule has 3 N–H and O–H groups in total. The van der Waals surface area contributed by atoms with Crippen LogP contribution in [0.15, 0.2) is 12.3 Å². The summed E-state index contributed by atoms with van der Waals surface area (Å²) >= 11 is 0. The molecule has 0 aliphatic heterocycles. The van der Waals surface area contributed by atoms with Crippen molar-refractivity contribution in [3.63, 3.8) is 0 Å².